The Morgan fingerprint density at radius 2 is 1.82 bits per heavy atom. The Bertz CT molecular complexity index is 1270. The largest absolute Gasteiger partial charge is 0.493 e. The van der Waals surface area contributed by atoms with Crippen molar-refractivity contribution >= 4 is 22.8 Å². The molecule has 2 aromatic carbocycles. The van der Waals surface area contributed by atoms with Gasteiger partial charge in [0.25, 0.3) is 5.91 Å². The third kappa shape index (κ3) is 4.44. The summed E-state index contributed by atoms with van der Waals surface area (Å²) in [5.74, 6) is 1.53. The Morgan fingerprint density at radius 1 is 1.09 bits per heavy atom. The van der Waals surface area contributed by atoms with Gasteiger partial charge in [-0.15, -0.1) is 0 Å². The average molecular weight is 447 g/mol. The van der Waals surface area contributed by atoms with E-state index in [0.717, 1.165) is 11.1 Å². The van der Waals surface area contributed by atoms with E-state index in [0.29, 0.717) is 47.2 Å². The highest BCUT2D eigenvalue weighted by Crippen LogP contribution is 2.33. The van der Waals surface area contributed by atoms with Crippen LogP contribution in [0.25, 0.3) is 16.9 Å². The van der Waals surface area contributed by atoms with Gasteiger partial charge < -0.3 is 26.3 Å². The molecule has 1 unspecified atom stereocenters. The van der Waals surface area contributed by atoms with Crippen molar-refractivity contribution in [2.75, 3.05) is 26.1 Å². The van der Waals surface area contributed by atoms with Gasteiger partial charge in [-0.05, 0) is 30.7 Å². The van der Waals surface area contributed by atoms with Crippen molar-refractivity contribution in [1.82, 2.24) is 14.5 Å². The molecule has 0 aliphatic heterocycles. The molecule has 1 amide bonds. The summed E-state index contributed by atoms with van der Waals surface area (Å²) in [6.07, 6.45) is 2.31. The highest BCUT2D eigenvalue weighted by molar-refractivity contribution is 5.97. The summed E-state index contributed by atoms with van der Waals surface area (Å²) in [4.78, 5) is 21.3. The SMILES string of the molecule is COc1cc2ncn(-c3ccc(C(N)=O)c(NC(CCN)c4ccccc4)n3)c2cc1OC. The number of primary amides is 1. The summed E-state index contributed by atoms with van der Waals surface area (Å²) in [5.41, 5.74) is 14.3. The van der Waals surface area contributed by atoms with E-state index < -0.39 is 5.91 Å². The number of carbonyl (C=O) groups excluding carboxylic acids is 1. The molecule has 2 heterocycles. The van der Waals surface area contributed by atoms with Crippen LogP contribution >= 0.6 is 0 Å². The minimum absolute atomic E-state index is 0.138. The monoisotopic (exact) mass is 446 g/mol. The molecule has 0 saturated heterocycles. The first-order valence-corrected chi connectivity index (χ1v) is 10.5. The van der Waals surface area contributed by atoms with Gasteiger partial charge in [-0.2, -0.15) is 0 Å². The summed E-state index contributed by atoms with van der Waals surface area (Å²) in [6.45, 7) is 0.464. The van der Waals surface area contributed by atoms with Crippen LogP contribution in [0.3, 0.4) is 0 Å². The minimum Gasteiger partial charge on any atom is -0.493 e. The van der Waals surface area contributed by atoms with Crippen molar-refractivity contribution in [2.45, 2.75) is 12.5 Å². The van der Waals surface area contributed by atoms with Gasteiger partial charge in [0, 0.05) is 12.1 Å². The van der Waals surface area contributed by atoms with Gasteiger partial charge >= 0.3 is 0 Å². The van der Waals surface area contributed by atoms with Crippen LogP contribution in [0.2, 0.25) is 0 Å². The number of carbonyl (C=O) groups is 1. The molecule has 4 aromatic rings. The molecule has 9 heteroatoms. The normalized spacial score (nSPS) is 11.8. The first-order chi connectivity index (χ1) is 16.0. The Labute approximate surface area is 191 Å². The predicted molar refractivity (Wildman–Crippen MR) is 127 cm³/mol. The van der Waals surface area contributed by atoms with Gasteiger partial charge in [0.15, 0.2) is 11.5 Å². The molecule has 0 radical (unpaired) electrons. The molecule has 0 fully saturated rings. The van der Waals surface area contributed by atoms with Crippen molar-refractivity contribution < 1.29 is 14.3 Å². The second-order valence-electron chi connectivity index (χ2n) is 7.43. The molecule has 2 aromatic heterocycles. The maximum absolute atomic E-state index is 12.1. The molecule has 0 aliphatic carbocycles. The van der Waals surface area contributed by atoms with Gasteiger partial charge in [0.05, 0.1) is 36.9 Å². The average Bonchev–Trinajstić information content (AvgIpc) is 3.26. The van der Waals surface area contributed by atoms with Crippen LogP contribution in [0.15, 0.2) is 60.9 Å². The van der Waals surface area contributed by atoms with Gasteiger partial charge in [-0.3, -0.25) is 9.36 Å². The van der Waals surface area contributed by atoms with E-state index in [9.17, 15) is 4.79 Å². The second-order valence-corrected chi connectivity index (χ2v) is 7.43. The lowest BCUT2D eigenvalue weighted by molar-refractivity contribution is 0.100. The number of nitrogens with two attached hydrogens (primary N) is 2. The summed E-state index contributed by atoms with van der Waals surface area (Å²) >= 11 is 0. The number of ether oxygens (including phenoxy) is 2. The number of nitrogens with one attached hydrogen (secondary N) is 1. The number of imidazole rings is 1. The van der Waals surface area contributed by atoms with Crippen molar-refractivity contribution in [1.29, 1.82) is 0 Å². The topological polar surface area (TPSA) is 130 Å². The second kappa shape index (κ2) is 9.58. The molecule has 0 spiro atoms. The number of hydrogen-bond acceptors (Lipinski definition) is 7. The molecule has 170 valence electrons. The lowest BCUT2D eigenvalue weighted by atomic mass is 10.0. The smallest absolute Gasteiger partial charge is 0.252 e. The van der Waals surface area contributed by atoms with Crippen molar-refractivity contribution in [2.24, 2.45) is 11.5 Å². The zero-order chi connectivity index (χ0) is 23.4. The minimum atomic E-state index is -0.571. The van der Waals surface area contributed by atoms with Gasteiger partial charge in [0.1, 0.15) is 18.0 Å². The predicted octanol–water partition coefficient (Wildman–Crippen LogP) is 3.04. The van der Waals surface area contributed by atoms with Crippen LogP contribution in [0.4, 0.5) is 5.82 Å². The summed E-state index contributed by atoms with van der Waals surface area (Å²) in [5, 5.41) is 3.37. The van der Waals surface area contributed by atoms with Crippen LogP contribution in [0.5, 0.6) is 11.5 Å². The van der Waals surface area contributed by atoms with Gasteiger partial charge in [0.2, 0.25) is 0 Å². The zero-order valence-electron chi connectivity index (χ0n) is 18.5. The number of nitrogens with zero attached hydrogens (tertiary/aromatic N) is 3. The standard InChI is InChI=1S/C24H26N6O3/c1-32-20-12-18-19(13-21(20)33-2)30(14-27-18)22-9-8-16(23(26)31)24(29-22)28-17(10-11-25)15-6-4-3-5-7-15/h3-9,12-14,17H,10-11,25H2,1-2H3,(H2,26,31)(H,28,29). The molecular formula is C24H26N6O3. The number of anilines is 1. The highest BCUT2D eigenvalue weighted by Gasteiger charge is 2.18. The quantitative estimate of drug-likeness (QED) is 0.360. The molecule has 4 rings (SSSR count). The fourth-order valence-corrected chi connectivity index (χ4v) is 3.75. The molecule has 33 heavy (non-hydrogen) atoms. The van der Waals surface area contributed by atoms with Crippen molar-refractivity contribution in [3.05, 3.63) is 72.1 Å². The number of pyridine rings is 1. The van der Waals surface area contributed by atoms with E-state index in [2.05, 4.69) is 10.3 Å². The van der Waals surface area contributed by atoms with E-state index in [-0.39, 0.29) is 6.04 Å². The van der Waals surface area contributed by atoms with E-state index in [4.69, 9.17) is 25.9 Å². The Morgan fingerprint density at radius 3 is 2.48 bits per heavy atom. The molecule has 0 bridgehead atoms. The molecular weight excluding hydrogens is 420 g/mol. The van der Waals surface area contributed by atoms with Crippen LogP contribution in [-0.2, 0) is 0 Å². The third-order valence-corrected chi connectivity index (χ3v) is 5.41. The van der Waals surface area contributed by atoms with Crippen molar-refractivity contribution in [3.63, 3.8) is 0 Å². The number of rotatable bonds is 9. The molecule has 5 N–H and O–H groups in total. The lowest BCUT2D eigenvalue weighted by Gasteiger charge is -2.21. The summed E-state index contributed by atoms with van der Waals surface area (Å²) in [6, 6.07) is 16.7. The number of benzene rings is 2. The van der Waals surface area contributed by atoms with E-state index in [1.165, 1.54) is 0 Å². The van der Waals surface area contributed by atoms with E-state index in [1.54, 1.807) is 38.7 Å². The Balaban J connectivity index is 1.79. The summed E-state index contributed by atoms with van der Waals surface area (Å²) in [7, 11) is 3.15. The van der Waals surface area contributed by atoms with Gasteiger partial charge in [-0.25, -0.2) is 9.97 Å². The maximum Gasteiger partial charge on any atom is 0.252 e. The highest BCUT2D eigenvalue weighted by atomic mass is 16.5. The first-order valence-electron chi connectivity index (χ1n) is 10.5. The Kier molecular flexibility index (Phi) is 6.41. The maximum atomic E-state index is 12.1. The third-order valence-electron chi connectivity index (χ3n) is 5.41. The van der Waals surface area contributed by atoms with Crippen LogP contribution < -0.4 is 26.3 Å². The fraction of sp³-hybridized carbons (Fsp3) is 0.208. The summed E-state index contributed by atoms with van der Waals surface area (Å²) < 4.78 is 12.6. The number of hydrogen-bond donors (Lipinski definition) is 3. The molecule has 1 atom stereocenters. The van der Waals surface area contributed by atoms with Crippen molar-refractivity contribution in [3.8, 4) is 17.3 Å². The first kappa shape index (κ1) is 22.1. The number of amides is 1. The van der Waals surface area contributed by atoms with Gasteiger partial charge in [-0.1, -0.05) is 30.3 Å². The fourth-order valence-electron chi connectivity index (χ4n) is 3.75. The van der Waals surface area contributed by atoms with E-state index >= 15 is 0 Å². The zero-order valence-corrected chi connectivity index (χ0v) is 18.5. The molecule has 9 nitrogen and oxygen atoms in total. The number of aromatic nitrogens is 3. The Hall–Kier alpha value is -4.11. The van der Waals surface area contributed by atoms with Crippen LogP contribution in [0.1, 0.15) is 28.4 Å². The van der Waals surface area contributed by atoms with E-state index in [1.807, 2.05) is 41.0 Å². The number of methoxy groups -OCH3 is 2. The molecule has 0 saturated carbocycles. The van der Waals surface area contributed by atoms with Crippen LogP contribution in [0, 0.1) is 0 Å². The number of fused-ring (bicyclic) bond motifs is 1. The van der Waals surface area contributed by atoms with Crippen LogP contribution in [-0.4, -0.2) is 41.2 Å². The molecule has 0 aliphatic rings. The lowest BCUT2D eigenvalue weighted by Crippen LogP contribution is -2.21.